The monoisotopic (exact) mass is 254 g/mol. The van der Waals surface area contributed by atoms with E-state index in [2.05, 4.69) is 0 Å². The summed E-state index contributed by atoms with van der Waals surface area (Å²) in [5.74, 6) is 1.55. The van der Waals surface area contributed by atoms with Crippen molar-refractivity contribution in [2.75, 3.05) is 27.4 Å². The molecule has 0 atom stereocenters. The van der Waals surface area contributed by atoms with E-state index in [0.29, 0.717) is 19.6 Å². The summed E-state index contributed by atoms with van der Waals surface area (Å²) in [6.45, 7) is 5.17. The molecule has 0 bridgehead atoms. The van der Waals surface area contributed by atoms with E-state index in [4.69, 9.17) is 18.9 Å². The summed E-state index contributed by atoms with van der Waals surface area (Å²) in [4.78, 5) is 0. The first-order valence-corrected chi connectivity index (χ1v) is 6.18. The smallest absolute Gasteiger partial charge is 0.161 e. The lowest BCUT2D eigenvalue weighted by Crippen LogP contribution is -2.20. The maximum atomic E-state index is 5.53. The summed E-state index contributed by atoms with van der Waals surface area (Å²) >= 11 is 0. The number of hydrogen-bond donors (Lipinski definition) is 0. The summed E-state index contributed by atoms with van der Waals surface area (Å²) in [5, 5.41) is 0. The molecule has 0 aliphatic carbocycles. The normalized spacial score (nSPS) is 10.7. The van der Waals surface area contributed by atoms with Crippen LogP contribution in [0.25, 0.3) is 0 Å². The Labute approximate surface area is 109 Å². The minimum atomic E-state index is -0.225. The molecule has 0 heterocycles. The van der Waals surface area contributed by atoms with E-state index in [1.807, 2.05) is 32.0 Å². The van der Waals surface area contributed by atoms with Gasteiger partial charge in [-0.3, -0.25) is 0 Å². The number of ether oxygens (including phenoxy) is 4. The predicted molar refractivity (Wildman–Crippen MR) is 70.3 cm³/mol. The Morgan fingerprint density at radius 2 is 1.39 bits per heavy atom. The molecule has 4 heteroatoms. The van der Waals surface area contributed by atoms with Crippen LogP contribution in [0.15, 0.2) is 18.2 Å². The topological polar surface area (TPSA) is 36.9 Å². The highest BCUT2D eigenvalue weighted by Gasteiger charge is 2.11. The Morgan fingerprint density at radius 3 is 1.78 bits per heavy atom. The summed E-state index contributed by atoms with van der Waals surface area (Å²) in [6.07, 6.45) is 0.451. The van der Waals surface area contributed by atoms with Crippen molar-refractivity contribution >= 4 is 0 Å². The maximum Gasteiger partial charge on any atom is 0.161 e. The molecule has 18 heavy (non-hydrogen) atoms. The molecule has 0 aliphatic rings. The molecular formula is C14H22O4. The average molecular weight is 254 g/mol. The van der Waals surface area contributed by atoms with Crippen molar-refractivity contribution in [3.8, 4) is 11.5 Å². The van der Waals surface area contributed by atoms with E-state index < -0.39 is 0 Å². The van der Waals surface area contributed by atoms with Gasteiger partial charge in [-0.1, -0.05) is 0 Å². The van der Waals surface area contributed by atoms with Gasteiger partial charge >= 0.3 is 0 Å². The second-order valence-corrected chi connectivity index (χ2v) is 3.77. The zero-order valence-corrected chi connectivity index (χ0v) is 11.6. The van der Waals surface area contributed by atoms with Crippen LogP contribution < -0.4 is 9.47 Å². The van der Waals surface area contributed by atoms with Gasteiger partial charge in [-0.05, 0) is 31.5 Å². The first-order valence-electron chi connectivity index (χ1n) is 6.18. The highest BCUT2D eigenvalue weighted by atomic mass is 16.7. The highest BCUT2D eigenvalue weighted by Crippen LogP contribution is 2.23. The SMILES string of the molecule is CCOC(Cc1cc(OC)cc(OC)c1)OCC. The molecule has 0 unspecified atom stereocenters. The number of rotatable bonds is 8. The Hall–Kier alpha value is -1.26. The largest absolute Gasteiger partial charge is 0.497 e. The van der Waals surface area contributed by atoms with Crippen molar-refractivity contribution in [1.82, 2.24) is 0 Å². The maximum absolute atomic E-state index is 5.53. The van der Waals surface area contributed by atoms with Crippen LogP contribution in [0.1, 0.15) is 19.4 Å². The minimum absolute atomic E-state index is 0.225. The molecule has 0 fully saturated rings. The van der Waals surface area contributed by atoms with Crippen molar-refractivity contribution in [1.29, 1.82) is 0 Å². The van der Waals surface area contributed by atoms with Crippen LogP contribution in [0.4, 0.5) is 0 Å². The molecule has 0 N–H and O–H groups in total. The fraction of sp³-hybridized carbons (Fsp3) is 0.571. The Balaban J connectivity index is 2.80. The molecule has 1 aromatic rings. The second-order valence-electron chi connectivity index (χ2n) is 3.77. The third kappa shape index (κ3) is 4.55. The van der Waals surface area contributed by atoms with Gasteiger partial charge in [0.1, 0.15) is 11.5 Å². The summed E-state index contributed by atoms with van der Waals surface area (Å²) in [6, 6.07) is 5.78. The van der Waals surface area contributed by atoms with Crippen molar-refractivity contribution in [2.45, 2.75) is 26.6 Å². The highest BCUT2D eigenvalue weighted by molar-refractivity contribution is 5.38. The second kappa shape index (κ2) is 7.95. The van der Waals surface area contributed by atoms with Gasteiger partial charge in [0.2, 0.25) is 0 Å². The Bertz CT molecular complexity index is 323. The Kier molecular flexibility index (Phi) is 6.54. The molecular weight excluding hydrogens is 232 g/mol. The Morgan fingerprint density at radius 1 is 0.889 bits per heavy atom. The van der Waals surface area contributed by atoms with Gasteiger partial charge in [0.05, 0.1) is 14.2 Å². The van der Waals surface area contributed by atoms with Crippen LogP contribution in [0.5, 0.6) is 11.5 Å². The zero-order chi connectivity index (χ0) is 13.4. The molecule has 0 amide bonds. The van der Waals surface area contributed by atoms with Gasteiger partial charge in [0.15, 0.2) is 6.29 Å². The molecule has 0 saturated carbocycles. The fourth-order valence-electron chi connectivity index (χ4n) is 1.71. The summed E-state index contributed by atoms with van der Waals surface area (Å²) in [5.41, 5.74) is 1.07. The first-order chi connectivity index (χ1) is 8.73. The summed E-state index contributed by atoms with van der Waals surface area (Å²) < 4.78 is 21.5. The lowest BCUT2D eigenvalue weighted by molar-refractivity contribution is -0.134. The number of benzene rings is 1. The zero-order valence-electron chi connectivity index (χ0n) is 11.6. The van der Waals surface area contributed by atoms with E-state index in [1.165, 1.54) is 0 Å². The van der Waals surface area contributed by atoms with E-state index >= 15 is 0 Å². The van der Waals surface area contributed by atoms with Gasteiger partial charge in [0, 0.05) is 25.7 Å². The first kappa shape index (κ1) is 14.8. The molecule has 1 aromatic carbocycles. The van der Waals surface area contributed by atoms with Gasteiger partial charge in [-0.15, -0.1) is 0 Å². The third-order valence-corrected chi connectivity index (χ3v) is 2.52. The van der Waals surface area contributed by atoms with Crippen LogP contribution in [0, 0.1) is 0 Å². The molecule has 102 valence electrons. The number of methoxy groups -OCH3 is 2. The molecule has 0 aliphatic heterocycles. The molecule has 0 radical (unpaired) electrons. The van der Waals surface area contributed by atoms with Crippen LogP contribution in [0.2, 0.25) is 0 Å². The molecule has 0 saturated heterocycles. The quantitative estimate of drug-likeness (QED) is 0.668. The van der Waals surface area contributed by atoms with E-state index in [1.54, 1.807) is 14.2 Å². The van der Waals surface area contributed by atoms with Crippen molar-refractivity contribution in [3.05, 3.63) is 23.8 Å². The molecule has 4 nitrogen and oxygen atoms in total. The van der Waals surface area contributed by atoms with Gasteiger partial charge in [-0.2, -0.15) is 0 Å². The van der Waals surface area contributed by atoms with Crippen LogP contribution in [0.3, 0.4) is 0 Å². The summed E-state index contributed by atoms with van der Waals surface area (Å²) in [7, 11) is 3.28. The van der Waals surface area contributed by atoms with E-state index in [0.717, 1.165) is 17.1 Å². The van der Waals surface area contributed by atoms with E-state index in [-0.39, 0.29) is 6.29 Å². The van der Waals surface area contributed by atoms with E-state index in [9.17, 15) is 0 Å². The average Bonchev–Trinajstić information content (AvgIpc) is 2.38. The van der Waals surface area contributed by atoms with Crippen molar-refractivity contribution in [2.24, 2.45) is 0 Å². The third-order valence-electron chi connectivity index (χ3n) is 2.52. The minimum Gasteiger partial charge on any atom is -0.497 e. The van der Waals surface area contributed by atoms with Crippen LogP contribution in [-0.2, 0) is 15.9 Å². The lowest BCUT2D eigenvalue weighted by Gasteiger charge is -2.17. The van der Waals surface area contributed by atoms with Crippen LogP contribution in [-0.4, -0.2) is 33.7 Å². The standard InChI is InChI=1S/C14H22O4/c1-5-17-14(18-6-2)9-11-7-12(15-3)10-13(8-11)16-4/h7-8,10,14H,5-6,9H2,1-4H3. The fourth-order valence-corrected chi connectivity index (χ4v) is 1.71. The van der Waals surface area contributed by atoms with Gasteiger partial charge in [-0.25, -0.2) is 0 Å². The number of hydrogen-bond acceptors (Lipinski definition) is 4. The lowest BCUT2D eigenvalue weighted by atomic mass is 10.1. The molecule has 0 aromatic heterocycles. The van der Waals surface area contributed by atoms with Crippen molar-refractivity contribution < 1.29 is 18.9 Å². The van der Waals surface area contributed by atoms with Crippen LogP contribution >= 0.6 is 0 Å². The van der Waals surface area contributed by atoms with Crippen molar-refractivity contribution in [3.63, 3.8) is 0 Å². The van der Waals surface area contributed by atoms with Gasteiger partial charge in [0.25, 0.3) is 0 Å². The molecule has 0 spiro atoms. The molecule has 1 rings (SSSR count). The van der Waals surface area contributed by atoms with Gasteiger partial charge < -0.3 is 18.9 Å². The predicted octanol–water partition coefficient (Wildman–Crippen LogP) is 2.65.